The number of nitrogens with one attached hydrogen (secondary N) is 1. The summed E-state index contributed by atoms with van der Waals surface area (Å²) in [6.07, 6.45) is 3.51. The van der Waals surface area contributed by atoms with Crippen LogP contribution < -0.4 is 5.32 Å². The summed E-state index contributed by atoms with van der Waals surface area (Å²) in [4.78, 5) is 8.49. The first-order valence-corrected chi connectivity index (χ1v) is 3.86. The average molecular weight is 149 g/mol. The standard InChI is InChI=1S/C8H11N3/c1-6-8(7-4-9-5-7)11-3-2-10-6/h2-3,7,9H,4-5H2,1H3. The van der Waals surface area contributed by atoms with E-state index in [9.17, 15) is 0 Å². The lowest BCUT2D eigenvalue weighted by atomic mass is 9.98. The molecule has 1 aromatic rings. The molecule has 0 aromatic carbocycles. The molecule has 0 bridgehead atoms. The number of hydrogen-bond acceptors (Lipinski definition) is 3. The molecule has 58 valence electrons. The van der Waals surface area contributed by atoms with Gasteiger partial charge in [-0.05, 0) is 6.92 Å². The fourth-order valence-electron chi connectivity index (χ4n) is 1.30. The topological polar surface area (TPSA) is 37.8 Å². The Bertz CT molecular complexity index is 255. The van der Waals surface area contributed by atoms with Gasteiger partial charge in [-0.15, -0.1) is 0 Å². The van der Waals surface area contributed by atoms with E-state index < -0.39 is 0 Å². The van der Waals surface area contributed by atoms with Crippen LogP contribution in [0.3, 0.4) is 0 Å². The fraction of sp³-hybridized carbons (Fsp3) is 0.500. The molecule has 0 radical (unpaired) electrons. The number of aryl methyl sites for hydroxylation is 1. The van der Waals surface area contributed by atoms with E-state index >= 15 is 0 Å². The van der Waals surface area contributed by atoms with E-state index in [1.807, 2.05) is 6.92 Å². The third-order valence-corrected chi connectivity index (χ3v) is 2.09. The first-order valence-electron chi connectivity index (χ1n) is 3.86. The molecule has 0 unspecified atom stereocenters. The van der Waals surface area contributed by atoms with Crippen LogP contribution in [0.1, 0.15) is 17.3 Å². The van der Waals surface area contributed by atoms with Crippen LogP contribution in [0, 0.1) is 6.92 Å². The van der Waals surface area contributed by atoms with E-state index in [2.05, 4.69) is 15.3 Å². The van der Waals surface area contributed by atoms with Crippen LogP contribution in [0.5, 0.6) is 0 Å². The molecule has 0 spiro atoms. The minimum Gasteiger partial charge on any atom is -0.315 e. The molecule has 3 heteroatoms. The number of nitrogens with zero attached hydrogens (tertiary/aromatic N) is 2. The lowest BCUT2D eigenvalue weighted by Crippen LogP contribution is -2.40. The van der Waals surface area contributed by atoms with E-state index in [0.29, 0.717) is 5.92 Å². The maximum absolute atomic E-state index is 4.30. The van der Waals surface area contributed by atoms with Crippen molar-refractivity contribution in [3.63, 3.8) is 0 Å². The molecule has 0 amide bonds. The molecule has 1 saturated heterocycles. The molecule has 1 aromatic heterocycles. The lowest BCUT2D eigenvalue weighted by molar-refractivity contribution is 0.436. The maximum Gasteiger partial charge on any atom is 0.0672 e. The summed E-state index contributed by atoms with van der Waals surface area (Å²) in [7, 11) is 0. The van der Waals surface area contributed by atoms with Gasteiger partial charge in [-0.25, -0.2) is 0 Å². The highest BCUT2D eigenvalue weighted by Crippen LogP contribution is 2.18. The first kappa shape index (κ1) is 6.73. The van der Waals surface area contributed by atoms with Gasteiger partial charge in [0.2, 0.25) is 0 Å². The Hall–Kier alpha value is -0.960. The Morgan fingerprint density at radius 3 is 2.64 bits per heavy atom. The zero-order valence-corrected chi connectivity index (χ0v) is 6.54. The molecule has 0 saturated carbocycles. The van der Waals surface area contributed by atoms with Gasteiger partial charge >= 0.3 is 0 Å². The van der Waals surface area contributed by atoms with Crippen LogP contribution >= 0.6 is 0 Å². The molecule has 11 heavy (non-hydrogen) atoms. The van der Waals surface area contributed by atoms with Crippen molar-refractivity contribution in [3.8, 4) is 0 Å². The molecule has 1 aliphatic rings. The molecule has 0 atom stereocenters. The monoisotopic (exact) mass is 149 g/mol. The molecule has 1 aliphatic heterocycles. The van der Waals surface area contributed by atoms with Gasteiger partial charge in [0.05, 0.1) is 11.4 Å². The van der Waals surface area contributed by atoms with Crippen LogP contribution in [0.4, 0.5) is 0 Å². The minimum atomic E-state index is 0.601. The zero-order valence-electron chi connectivity index (χ0n) is 6.54. The summed E-state index contributed by atoms with van der Waals surface area (Å²) in [6, 6.07) is 0. The van der Waals surface area contributed by atoms with Gasteiger partial charge in [-0.1, -0.05) is 0 Å². The van der Waals surface area contributed by atoms with Crippen molar-refractivity contribution in [1.82, 2.24) is 15.3 Å². The zero-order chi connectivity index (χ0) is 7.68. The number of aromatic nitrogens is 2. The van der Waals surface area contributed by atoms with Gasteiger partial charge in [0.1, 0.15) is 0 Å². The Kier molecular flexibility index (Phi) is 1.58. The second kappa shape index (κ2) is 2.58. The van der Waals surface area contributed by atoms with Crippen LogP contribution in [-0.4, -0.2) is 23.1 Å². The number of rotatable bonds is 1. The predicted molar refractivity (Wildman–Crippen MR) is 42.4 cm³/mol. The third-order valence-electron chi connectivity index (χ3n) is 2.09. The van der Waals surface area contributed by atoms with E-state index in [1.54, 1.807) is 12.4 Å². The lowest BCUT2D eigenvalue weighted by Gasteiger charge is -2.26. The molecule has 1 fully saturated rings. The smallest absolute Gasteiger partial charge is 0.0672 e. The molecule has 3 nitrogen and oxygen atoms in total. The van der Waals surface area contributed by atoms with E-state index in [0.717, 1.165) is 24.5 Å². The van der Waals surface area contributed by atoms with Gasteiger partial charge in [-0.2, -0.15) is 0 Å². The highest BCUT2D eigenvalue weighted by molar-refractivity contribution is 5.17. The normalized spacial score (nSPS) is 17.9. The van der Waals surface area contributed by atoms with Gasteiger partial charge in [0.25, 0.3) is 0 Å². The predicted octanol–water partition coefficient (Wildman–Crippen LogP) is 0.472. The van der Waals surface area contributed by atoms with Crippen molar-refractivity contribution in [2.75, 3.05) is 13.1 Å². The quantitative estimate of drug-likeness (QED) is 0.630. The first-order chi connectivity index (χ1) is 5.38. The summed E-state index contributed by atoms with van der Waals surface area (Å²) in [5, 5.41) is 3.22. The van der Waals surface area contributed by atoms with Crippen molar-refractivity contribution in [1.29, 1.82) is 0 Å². The highest BCUT2D eigenvalue weighted by Gasteiger charge is 2.21. The molecular formula is C8H11N3. The van der Waals surface area contributed by atoms with E-state index in [1.165, 1.54) is 0 Å². The summed E-state index contributed by atoms with van der Waals surface area (Å²) in [5.74, 6) is 0.601. The molecule has 0 aliphatic carbocycles. The van der Waals surface area contributed by atoms with Gasteiger partial charge in [0.15, 0.2) is 0 Å². The van der Waals surface area contributed by atoms with Crippen molar-refractivity contribution in [3.05, 3.63) is 23.8 Å². The van der Waals surface area contributed by atoms with E-state index in [4.69, 9.17) is 0 Å². The Balaban J connectivity index is 2.28. The van der Waals surface area contributed by atoms with Crippen LogP contribution in [0.25, 0.3) is 0 Å². The van der Waals surface area contributed by atoms with Crippen molar-refractivity contribution in [2.24, 2.45) is 0 Å². The SMILES string of the molecule is Cc1nccnc1C1CNC1. The van der Waals surface area contributed by atoms with Gasteiger partial charge in [-0.3, -0.25) is 9.97 Å². The summed E-state index contributed by atoms with van der Waals surface area (Å²) >= 11 is 0. The van der Waals surface area contributed by atoms with E-state index in [-0.39, 0.29) is 0 Å². The van der Waals surface area contributed by atoms with Crippen LogP contribution in [0.15, 0.2) is 12.4 Å². The third kappa shape index (κ3) is 1.12. The van der Waals surface area contributed by atoms with Crippen molar-refractivity contribution >= 4 is 0 Å². The summed E-state index contributed by atoms with van der Waals surface area (Å²) in [5.41, 5.74) is 2.23. The Morgan fingerprint density at radius 2 is 2.09 bits per heavy atom. The van der Waals surface area contributed by atoms with Crippen LogP contribution in [0.2, 0.25) is 0 Å². The Morgan fingerprint density at radius 1 is 1.36 bits per heavy atom. The molecule has 2 rings (SSSR count). The minimum absolute atomic E-state index is 0.601. The molecule has 2 heterocycles. The fourth-order valence-corrected chi connectivity index (χ4v) is 1.30. The van der Waals surface area contributed by atoms with Gasteiger partial charge < -0.3 is 5.32 Å². The van der Waals surface area contributed by atoms with Crippen molar-refractivity contribution < 1.29 is 0 Å². The molecular weight excluding hydrogens is 138 g/mol. The Labute approximate surface area is 65.9 Å². The average Bonchev–Trinajstić information content (AvgIpc) is 1.90. The maximum atomic E-state index is 4.30. The van der Waals surface area contributed by atoms with Crippen LogP contribution in [-0.2, 0) is 0 Å². The second-order valence-electron chi connectivity index (χ2n) is 2.88. The van der Waals surface area contributed by atoms with Crippen molar-refractivity contribution in [2.45, 2.75) is 12.8 Å². The summed E-state index contributed by atoms with van der Waals surface area (Å²) < 4.78 is 0. The highest BCUT2D eigenvalue weighted by atomic mass is 15.0. The largest absolute Gasteiger partial charge is 0.315 e. The number of hydrogen-bond donors (Lipinski definition) is 1. The second-order valence-corrected chi connectivity index (χ2v) is 2.88. The summed E-state index contributed by atoms with van der Waals surface area (Å²) in [6.45, 7) is 4.12. The molecule has 1 N–H and O–H groups in total. The van der Waals surface area contributed by atoms with Gasteiger partial charge in [0, 0.05) is 31.4 Å².